The molecular formula is C12H16N4O2S2. The Balaban J connectivity index is 1.85. The van der Waals surface area contributed by atoms with E-state index in [2.05, 4.69) is 9.88 Å². The van der Waals surface area contributed by atoms with Crippen molar-refractivity contribution in [1.29, 1.82) is 0 Å². The number of fused-ring (bicyclic) bond motifs is 1. The van der Waals surface area contributed by atoms with E-state index in [4.69, 9.17) is 5.73 Å². The van der Waals surface area contributed by atoms with Crippen molar-refractivity contribution in [2.45, 2.75) is 0 Å². The van der Waals surface area contributed by atoms with Crippen LogP contribution in [0.1, 0.15) is 0 Å². The van der Waals surface area contributed by atoms with Gasteiger partial charge in [-0.2, -0.15) is 4.31 Å². The molecule has 0 atom stereocenters. The van der Waals surface area contributed by atoms with Crippen molar-refractivity contribution in [3.63, 3.8) is 0 Å². The Morgan fingerprint density at radius 3 is 2.60 bits per heavy atom. The predicted molar refractivity (Wildman–Crippen MR) is 82.7 cm³/mol. The minimum absolute atomic E-state index is 0.493. The molecule has 2 aromatic rings. The molecule has 1 saturated heterocycles. The summed E-state index contributed by atoms with van der Waals surface area (Å²) in [4.78, 5) is 6.41. The summed E-state index contributed by atoms with van der Waals surface area (Å²) in [7, 11) is -3.10. The fourth-order valence-corrected chi connectivity index (χ4v) is 4.00. The lowest BCUT2D eigenvalue weighted by atomic mass is 10.2. The van der Waals surface area contributed by atoms with Gasteiger partial charge in [-0.3, -0.25) is 0 Å². The summed E-state index contributed by atoms with van der Waals surface area (Å²) >= 11 is 1.56. The molecule has 20 heavy (non-hydrogen) atoms. The van der Waals surface area contributed by atoms with E-state index >= 15 is 0 Å². The molecule has 0 spiro atoms. The van der Waals surface area contributed by atoms with Crippen LogP contribution < -0.4 is 10.6 Å². The van der Waals surface area contributed by atoms with Gasteiger partial charge in [-0.25, -0.2) is 13.4 Å². The van der Waals surface area contributed by atoms with Crippen LogP contribution in [-0.2, 0) is 10.0 Å². The molecule has 1 aliphatic heterocycles. The maximum absolute atomic E-state index is 11.5. The van der Waals surface area contributed by atoms with Crippen LogP contribution in [0.2, 0.25) is 0 Å². The maximum atomic E-state index is 11.5. The lowest BCUT2D eigenvalue weighted by Gasteiger charge is -2.35. The molecular weight excluding hydrogens is 296 g/mol. The van der Waals surface area contributed by atoms with Crippen molar-refractivity contribution in [2.24, 2.45) is 0 Å². The Bertz CT molecular complexity index is 733. The minimum atomic E-state index is -3.10. The highest BCUT2D eigenvalue weighted by Crippen LogP contribution is 2.33. The Hall–Kier alpha value is -1.38. The van der Waals surface area contributed by atoms with Crippen LogP contribution in [0.4, 0.5) is 11.4 Å². The van der Waals surface area contributed by atoms with E-state index in [1.165, 1.54) is 10.6 Å². The van der Waals surface area contributed by atoms with Gasteiger partial charge in [-0.05, 0) is 12.1 Å². The Labute approximate surface area is 121 Å². The number of thiazole rings is 1. The van der Waals surface area contributed by atoms with Gasteiger partial charge in [0.25, 0.3) is 0 Å². The molecule has 0 saturated carbocycles. The van der Waals surface area contributed by atoms with E-state index in [1.54, 1.807) is 16.8 Å². The highest BCUT2D eigenvalue weighted by atomic mass is 32.2. The van der Waals surface area contributed by atoms with Crippen LogP contribution >= 0.6 is 11.3 Å². The summed E-state index contributed by atoms with van der Waals surface area (Å²) in [6, 6.07) is 4.01. The van der Waals surface area contributed by atoms with E-state index < -0.39 is 10.0 Å². The lowest BCUT2D eigenvalue weighted by Crippen LogP contribution is -2.48. The van der Waals surface area contributed by atoms with E-state index in [1.807, 2.05) is 12.1 Å². The summed E-state index contributed by atoms with van der Waals surface area (Å²) in [5, 5.41) is 0. The van der Waals surface area contributed by atoms with Crippen LogP contribution in [0.15, 0.2) is 17.6 Å². The smallest absolute Gasteiger partial charge is 0.211 e. The molecule has 0 aliphatic carbocycles. The van der Waals surface area contributed by atoms with Crippen LogP contribution in [0.5, 0.6) is 0 Å². The van der Waals surface area contributed by atoms with E-state index in [-0.39, 0.29) is 0 Å². The number of hydrogen-bond donors (Lipinski definition) is 1. The zero-order chi connectivity index (χ0) is 14.3. The standard InChI is InChI=1S/C12H16N4O2S2/c1-20(17,18)16-6-4-15(5-7-16)9-2-3-10-12(11(9)13)14-8-19-10/h2-3,8H,4-7,13H2,1H3. The molecule has 1 aliphatic rings. The van der Waals surface area contributed by atoms with Crippen LogP contribution in [-0.4, -0.2) is 50.1 Å². The van der Waals surface area contributed by atoms with Gasteiger partial charge < -0.3 is 10.6 Å². The minimum Gasteiger partial charge on any atom is -0.395 e. The predicted octanol–water partition coefficient (Wildman–Crippen LogP) is 0.960. The highest BCUT2D eigenvalue weighted by Gasteiger charge is 2.24. The second kappa shape index (κ2) is 4.87. The van der Waals surface area contributed by atoms with E-state index in [9.17, 15) is 8.42 Å². The van der Waals surface area contributed by atoms with Crippen molar-refractivity contribution >= 4 is 43.0 Å². The second-order valence-electron chi connectivity index (χ2n) is 4.85. The second-order valence-corrected chi connectivity index (χ2v) is 7.72. The zero-order valence-electron chi connectivity index (χ0n) is 11.1. The molecule has 0 amide bonds. The number of nitrogen functional groups attached to an aromatic ring is 1. The summed E-state index contributed by atoms with van der Waals surface area (Å²) in [5.74, 6) is 0. The van der Waals surface area contributed by atoms with Gasteiger partial charge >= 0.3 is 0 Å². The number of anilines is 2. The molecule has 3 rings (SSSR count). The Morgan fingerprint density at radius 1 is 1.25 bits per heavy atom. The van der Waals surface area contributed by atoms with Crippen LogP contribution in [0.25, 0.3) is 10.2 Å². The van der Waals surface area contributed by atoms with Crippen molar-refractivity contribution < 1.29 is 8.42 Å². The van der Waals surface area contributed by atoms with Crippen LogP contribution in [0.3, 0.4) is 0 Å². The number of rotatable bonds is 2. The normalized spacial score (nSPS) is 17.8. The average Bonchev–Trinajstić information content (AvgIpc) is 2.88. The molecule has 2 heterocycles. The molecule has 0 bridgehead atoms. The highest BCUT2D eigenvalue weighted by molar-refractivity contribution is 7.88. The Morgan fingerprint density at radius 2 is 1.95 bits per heavy atom. The Kier molecular flexibility index (Phi) is 3.31. The van der Waals surface area contributed by atoms with Crippen molar-refractivity contribution in [1.82, 2.24) is 9.29 Å². The maximum Gasteiger partial charge on any atom is 0.211 e. The van der Waals surface area contributed by atoms with Crippen LogP contribution in [0, 0.1) is 0 Å². The van der Waals surface area contributed by atoms with E-state index in [0.717, 1.165) is 15.9 Å². The van der Waals surface area contributed by atoms with Crippen molar-refractivity contribution in [3.05, 3.63) is 17.6 Å². The molecule has 0 unspecified atom stereocenters. The summed E-state index contributed by atoms with van der Waals surface area (Å²) in [5.41, 5.74) is 10.4. The van der Waals surface area contributed by atoms with Gasteiger partial charge in [-0.15, -0.1) is 11.3 Å². The summed E-state index contributed by atoms with van der Waals surface area (Å²) in [6.45, 7) is 2.28. The first-order chi connectivity index (χ1) is 9.47. The number of sulfonamides is 1. The zero-order valence-corrected chi connectivity index (χ0v) is 12.7. The van der Waals surface area contributed by atoms with Gasteiger partial charge in [0.05, 0.1) is 27.8 Å². The van der Waals surface area contributed by atoms with E-state index in [0.29, 0.717) is 31.9 Å². The fraction of sp³-hybridized carbons (Fsp3) is 0.417. The van der Waals surface area contributed by atoms with Gasteiger partial charge in [-0.1, -0.05) is 0 Å². The van der Waals surface area contributed by atoms with Crippen molar-refractivity contribution in [2.75, 3.05) is 43.1 Å². The SMILES string of the molecule is CS(=O)(=O)N1CCN(c2ccc3scnc3c2N)CC1. The fourth-order valence-electron chi connectivity index (χ4n) is 2.48. The third-order valence-corrected chi connectivity index (χ3v) is 5.66. The van der Waals surface area contributed by atoms with Gasteiger partial charge in [0.15, 0.2) is 0 Å². The van der Waals surface area contributed by atoms with Gasteiger partial charge in [0, 0.05) is 26.2 Å². The first-order valence-electron chi connectivity index (χ1n) is 6.28. The third kappa shape index (κ3) is 2.34. The number of piperazine rings is 1. The lowest BCUT2D eigenvalue weighted by molar-refractivity contribution is 0.388. The molecule has 1 aromatic heterocycles. The molecule has 6 nitrogen and oxygen atoms in total. The third-order valence-electron chi connectivity index (χ3n) is 3.57. The molecule has 8 heteroatoms. The first kappa shape index (κ1) is 13.6. The molecule has 1 fully saturated rings. The van der Waals surface area contributed by atoms with Crippen molar-refractivity contribution in [3.8, 4) is 0 Å². The molecule has 1 aromatic carbocycles. The average molecular weight is 312 g/mol. The largest absolute Gasteiger partial charge is 0.395 e. The molecule has 0 radical (unpaired) electrons. The first-order valence-corrected chi connectivity index (χ1v) is 9.01. The number of hydrogen-bond acceptors (Lipinski definition) is 6. The quantitative estimate of drug-likeness (QED) is 0.836. The van der Waals surface area contributed by atoms with Gasteiger partial charge in [0.2, 0.25) is 10.0 Å². The monoisotopic (exact) mass is 312 g/mol. The topological polar surface area (TPSA) is 79.5 Å². The number of nitrogens with two attached hydrogens (primary N) is 1. The number of nitrogens with zero attached hydrogens (tertiary/aromatic N) is 3. The van der Waals surface area contributed by atoms with Gasteiger partial charge in [0.1, 0.15) is 5.52 Å². The number of aromatic nitrogens is 1. The number of benzene rings is 1. The molecule has 108 valence electrons. The summed E-state index contributed by atoms with van der Waals surface area (Å²) < 4.78 is 25.6. The summed E-state index contributed by atoms with van der Waals surface area (Å²) in [6.07, 6.45) is 1.25. The molecule has 2 N–H and O–H groups in total.